The van der Waals surface area contributed by atoms with E-state index in [4.69, 9.17) is 9.47 Å². The van der Waals surface area contributed by atoms with Gasteiger partial charge in [-0.3, -0.25) is 14.2 Å². The van der Waals surface area contributed by atoms with Crippen molar-refractivity contribution in [3.63, 3.8) is 0 Å². The molecule has 0 aliphatic rings. The van der Waals surface area contributed by atoms with Crippen LogP contribution in [-0.4, -0.2) is 33.8 Å². The molecular formula is C24H24N4O5. The largest absolute Gasteiger partial charge is 0.497 e. The Hall–Kier alpha value is -4.27. The maximum atomic E-state index is 13.4. The van der Waals surface area contributed by atoms with Crippen LogP contribution in [0.25, 0.3) is 16.7 Å². The summed E-state index contributed by atoms with van der Waals surface area (Å²) in [7, 11) is 4.77. The summed E-state index contributed by atoms with van der Waals surface area (Å²) in [6.07, 6.45) is 0. The van der Waals surface area contributed by atoms with Crippen molar-refractivity contribution in [1.29, 1.82) is 0 Å². The fraction of sp³-hybridized carbons (Fsp3) is 0.208. The molecule has 0 unspecified atom stereocenters. The number of rotatable bonds is 6. The third-order valence-corrected chi connectivity index (χ3v) is 5.57. The zero-order chi connectivity index (χ0) is 23.7. The molecule has 0 saturated heterocycles. The number of fused-ring (bicyclic) bond motifs is 1. The van der Waals surface area contributed by atoms with Gasteiger partial charge in [-0.25, -0.2) is 9.36 Å². The fourth-order valence-electron chi connectivity index (χ4n) is 3.79. The number of amides is 1. The molecule has 0 bridgehead atoms. The van der Waals surface area contributed by atoms with Gasteiger partial charge < -0.3 is 19.4 Å². The molecule has 0 aliphatic carbocycles. The molecule has 0 radical (unpaired) electrons. The molecule has 4 aromatic rings. The van der Waals surface area contributed by atoms with E-state index in [9.17, 15) is 14.4 Å². The second-order valence-corrected chi connectivity index (χ2v) is 7.54. The van der Waals surface area contributed by atoms with E-state index in [1.165, 1.54) is 18.8 Å². The lowest BCUT2D eigenvalue weighted by molar-refractivity contribution is -0.116. The Kier molecular flexibility index (Phi) is 5.78. The first-order chi connectivity index (χ1) is 15.8. The van der Waals surface area contributed by atoms with Crippen molar-refractivity contribution in [2.45, 2.75) is 13.5 Å². The molecule has 2 aromatic carbocycles. The smallest absolute Gasteiger partial charge is 0.336 e. The van der Waals surface area contributed by atoms with Gasteiger partial charge in [0.2, 0.25) is 5.91 Å². The van der Waals surface area contributed by atoms with Crippen LogP contribution in [0.15, 0.2) is 64.2 Å². The van der Waals surface area contributed by atoms with Crippen LogP contribution in [0.1, 0.15) is 5.69 Å². The summed E-state index contributed by atoms with van der Waals surface area (Å²) in [6.45, 7) is 1.54. The van der Waals surface area contributed by atoms with Crippen molar-refractivity contribution < 1.29 is 14.3 Å². The van der Waals surface area contributed by atoms with Crippen LogP contribution in [0.5, 0.6) is 11.5 Å². The Morgan fingerprint density at radius 2 is 1.73 bits per heavy atom. The summed E-state index contributed by atoms with van der Waals surface area (Å²) in [5.41, 5.74) is 1.31. The van der Waals surface area contributed by atoms with Crippen LogP contribution in [0, 0.1) is 6.92 Å². The summed E-state index contributed by atoms with van der Waals surface area (Å²) in [6, 6.07) is 15.4. The normalized spacial score (nSPS) is 10.9. The third-order valence-electron chi connectivity index (χ3n) is 5.57. The minimum Gasteiger partial charge on any atom is -0.497 e. The third kappa shape index (κ3) is 3.89. The second kappa shape index (κ2) is 8.70. The molecule has 0 aliphatic heterocycles. The number of nitrogens with one attached hydrogen (secondary N) is 1. The number of hydrogen-bond donors (Lipinski definition) is 1. The second-order valence-electron chi connectivity index (χ2n) is 7.54. The number of methoxy groups -OCH3 is 2. The van der Waals surface area contributed by atoms with Gasteiger partial charge in [0.25, 0.3) is 5.56 Å². The molecule has 9 nitrogen and oxygen atoms in total. The average molecular weight is 448 g/mol. The predicted molar refractivity (Wildman–Crippen MR) is 126 cm³/mol. The summed E-state index contributed by atoms with van der Waals surface area (Å²) >= 11 is 0. The quantitative estimate of drug-likeness (QED) is 0.489. The molecule has 9 heteroatoms. The van der Waals surface area contributed by atoms with Crippen LogP contribution in [0.4, 0.5) is 5.69 Å². The van der Waals surface area contributed by atoms with E-state index in [0.29, 0.717) is 33.9 Å². The predicted octanol–water partition coefficient (Wildman–Crippen LogP) is 2.46. The number of hydrogen-bond acceptors (Lipinski definition) is 5. The van der Waals surface area contributed by atoms with Crippen LogP contribution >= 0.6 is 0 Å². The van der Waals surface area contributed by atoms with Crippen molar-refractivity contribution in [2.24, 2.45) is 7.05 Å². The lowest BCUT2D eigenvalue weighted by Crippen LogP contribution is -2.41. The van der Waals surface area contributed by atoms with Gasteiger partial charge in [-0.1, -0.05) is 18.2 Å². The van der Waals surface area contributed by atoms with Gasteiger partial charge in [0.15, 0.2) is 0 Å². The SMILES string of the molecule is COc1ccc(OC)c(NC(=O)Cn2c(=O)n(-c3ccccc3)c(=O)c3c2cc(C)n3C)c1. The molecule has 0 saturated carbocycles. The van der Waals surface area contributed by atoms with Gasteiger partial charge in [-0.15, -0.1) is 0 Å². The zero-order valence-electron chi connectivity index (χ0n) is 18.8. The first-order valence-electron chi connectivity index (χ1n) is 10.2. The number of ether oxygens (including phenoxy) is 2. The standard InChI is InChI=1S/C24H24N4O5/c1-15-12-19-22(26(15)2)23(30)28(16-8-6-5-7-9-16)24(31)27(19)14-21(29)25-18-13-17(32-3)10-11-20(18)33-4/h5-13H,14H2,1-4H3,(H,25,29). The highest BCUT2D eigenvalue weighted by molar-refractivity contribution is 5.93. The number of benzene rings is 2. The van der Waals surface area contributed by atoms with Crippen molar-refractivity contribution in [3.8, 4) is 17.2 Å². The van der Waals surface area contributed by atoms with Gasteiger partial charge in [-0.05, 0) is 37.3 Å². The van der Waals surface area contributed by atoms with Gasteiger partial charge in [0.1, 0.15) is 23.6 Å². The summed E-state index contributed by atoms with van der Waals surface area (Å²) < 4.78 is 14.6. The van der Waals surface area contributed by atoms with Crippen LogP contribution < -0.4 is 26.0 Å². The van der Waals surface area contributed by atoms with E-state index in [1.54, 1.807) is 66.2 Å². The van der Waals surface area contributed by atoms with Crippen molar-refractivity contribution in [3.05, 3.63) is 81.1 Å². The van der Waals surface area contributed by atoms with Crippen molar-refractivity contribution in [2.75, 3.05) is 19.5 Å². The van der Waals surface area contributed by atoms with Crippen molar-refractivity contribution in [1.82, 2.24) is 13.7 Å². The monoisotopic (exact) mass is 448 g/mol. The van der Waals surface area contributed by atoms with Gasteiger partial charge >= 0.3 is 5.69 Å². The number of nitrogens with zero attached hydrogens (tertiary/aromatic N) is 3. The van der Waals surface area contributed by atoms with E-state index in [0.717, 1.165) is 10.3 Å². The molecule has 4 rings (SSSR count). The van der Waals surface area contributed by atoms with Crippen LogP contribution in [0.2, 0.25) is 0 Å². The Labute approximate surface area is 189 Å². The molecule has 1 N–H and O–H groups in total. The van der Waals surface area contributed by atoms with Crippen LogP contribution in [-0.2, 0) is 18.4 Å². The number of aromatic nitrogens is 3. The van der Waals surface area contributed by atoms with E-state index >= 15 is 0 Å². The Bertz CT molecular complexity index is 1460. The van der Waals surface area contributed by atoms with E-state index in [2.05, 4.69) is 5.32 Å². The van der Waals surface area contributed by atoms with Gasteiger partial charge in [0.05, 0.1) is 31.1 Å². The summed E-state index contributed by atoms with van der Waals surface area (Å²) in [5, 5.41) is 2.77. The highest BCUT2D eigenvalue weighted by atomic mass is 16.5. The molecule has 33 heavy (non-hydrogen) atoms. The minimum absolute atomic E-state index is 0.299. The highest BCUT2D eigenvalue weighted by Gasteiger charge is 2.20. The summed E-state index contributed by atoms with van der Waals surface area (Å²) in [5.74, 6) is 0.540. The number of aryl methyl sites for hydroxylation is 2. The molecule has 2 aromatic heterocycles. The molecular weight excluding hydrogens is 424 g/mol. The Balaban J connectivity index is 1.83. The molecule has 0 spiro atoms. The van der Waals surface area contributed by atoms with E-state index in [1.807, 2.05) is 6.92 Å². The van der Waals surface area contributed by atoms with Gasteiger partial charge in [0, 0.05) is 18.8 Å². The number of anilines is 1. The van der Waals surface area contributed by atoms with Crippen molar-refractivity contribution >= 4 is 22.6 Å². The Morgan fingerprint density at radius 3 is 2.39 bits per heavy atom. The van der Waals surface area contributed by atoms with Gasteiger partial charge in [-0.2, -0.15) is 0 Å². The Morgan fingerprint density at radius 1 is 1.00 bits per heavy atom. The fourth-order valence-corrected chi connectivity index (χ4v) is 3.79. The minimum atomic E-state index is -0.600. The first-order valence-corrected chi connectivity index (χ1v) is 10.2. The molecule has 1 amide bonds. The first kappa shape index (κ1) is 21.9. The zero-order valence-corrected chi connectivity index (χ0v) is 18.8. The number of carbonyl (C=O) groups excluding carboxylic acids is 1. The van der Waals surface area contributed by atoms with E-state index in [-0.39, 0.29) is 6.54 Å². The lowest BCUT2D eigenvalue weighted by Gasteiger charge is -2.14. The average Bonchev–Trinajstić information content (AvgIpc) is 3.11. The molecule has 170 valence electrons. The topological polar surface area (TPSA) is 96.5 Å². The maximum Gasteiger partial charge on any atom is 0.336 e. The summed E-state index contributed by atoms with van der Waals surface area (Å²) in [4.78, 5) is 39.7. The maximum absolute atomic E-state index is 13.4. The number of carbonyl (C=O) groups is 1. The molecule has 2 heterocycles. The lowest BCUT2D eigenvalue weighted by atomic mass is 10.2. The van der Waals surface area contributed by atoms with Crippen LogP contribution in [0.3, 0.4) is 0 Å². The van der Waals surface area contributed by atoms with E-state index < -0.39 is 17.2 Å². The molecule has 0 atom stereocenters. The highest BCUT2D eigenvalue weighted by Crippen LogP contribution is 2.29. The number of para-hydroxylation sites is 1. The molecule has 0 fully saturated rings.